The lowest BCUT2D eigenvalue weighted by Crippen LogP contribution is -2.02. The fourth-order valence-corrected chi connectivity index (χ4v) is 5.44. The lowest BCUT2D eigenvalue weighted by Gasteiger charge is -2.17. The fraction of sp³-hybridized carbons (Fsp3) is 0. The van der Waals surface area contributed by atoms with Gasteiger partial charge in [0.2, 0.25) is 0 Å². The van der Waals surface area contributed by atoms with Crippen molar-refractivity contribution in [2.24, 2.45) is 0 Å². The Morgan fingerprint density at radius 2 is 1.14 bits per heavy atom. The predicted octanol–water partition coefficient (Wildman–Crippen LogP) is 7.86. The van der Waals surface area contributed by atoms with E-state index in [1.807, 2.05) is 42.5 Å². The van der Waals surface area contributed by atoms with Crippen LogP contribution in [0.3, 0.4) is 0 Å². The van der Waals surface area contributed by atoms with Gasteiger partial charge in [-0.05, 0) is 39.6 Å². The zero-order chi connectivity index (χ0) is 24.1. The van der Waals surface area contributed by atoms with Gasteiger partial charge in [-0.15, -0.1) is 0 Å². The van der Waals surface area contributed by atoms with E-state index >= 15 is 0 Å². The Hall–Kier alpha value is -4.54. The minimum atomic E-state index is -0.371. The molecule has 0 unspecified atom stereocenters. The highest BCUT2D eigenvalue weighted by atomic mass is 16.5. The molecule has 0 aliphatic carbocycles. The summed E-state index contributed by atoms with van der Waals surface area (Å²) in [7, 11) is -0.371. The molecule has 3 nitrogen and oxygen atoms in total. The summed E-state index contributed by atoms with van der Waals surface area (Å²) >= 11 is 0. The first kappa shape index (κ1) is 20.8. The van der Waals surface area contributed by atoms with Gasteiger partial charge in [0.1, 0.15) is 16.9 Å². The van der Waals surface area contributed by atoms with Gasteiger partial charge < -0.3 is 14.1 Å². The van der Waals surface area contributed by atoms with E-state index in [0.717, 1.165) is 65.7 Å². The predicted molar refractivity (Wildman–Crippen MR) is 150 cm³/mol. The highest BCUT2D eigenvalue weighted by Crippen LogP contribution is 2.44. The lowest BCUT2D eigenvalue weighted by molar-refractivity contribution is 0.459. The van der Waals surface area contributed by atoms with Crippen LogP contribution in [0.2, 0.25) is 0 Å². The normalized spacial score (nSPS) is 11.5. The van der Waals surface area contributed by atoms with Crippen LogP contribution >= 0.6 is 0 Å². The second-order valence-corrected chi connectivity index (χ2v) is 8.93. The molecule has 0 saturated carbocycles. The minimum Gasteiger partial charge on any atom is -0.538 e. The summed E-state index contributed by atoms with van der Waals surface area (Å²) in [5, 5.41) is 16.0. The average molecular weight is 464 g/mol. The summed E-state index contributed by atoms with van der Waals surface area (Å²) in [5.41, 5.74) is 6.22. The monoisotopic (exact) mass is 464 g/mol. The molecule has 4 heteroatoms. The van der Waals surface area contributed by atoms with Crippen molar-refractivity contribution in [3.05, 3.63) is 115 Å². The first-order valence-corrected chi connectivity index (χ1v) is 12.0. The Balaban J connectivity index is 1.51. The molecule has 7 aromatic rings. The molecule has 170 valence electrons. The second kappa shape index (κ2) is 8.30. The quantitative estimate of drug-likeness (QED) is 0.213. The topological polar surface area (TPSA) is 42.6 Å². The molecule has 6 aromatic carbocycles. The van der Waals surface area contributed by atoms with Crippen molar-refractivity contribution >= 4 is 51.2 Å². The number of hydrogen-bond donors (Lipinski definition) is 1. The highest BCUT2D eigenvalue weighted by molar-refractivity contribution is 6.22. The van der Waals surface area contributed by atoms with Crippen molar-refractivity contribution in [2.75, 3.05) is 0 Å². The zero-order valence-electron chi connectivity index (χ0n) is 19.4. The first-order valence-electron chi connectivity index (χ1n) is 12.0. The van der Waals surface area contributed by atoms with Crippen LogP contribution in [0.15, 0.2) is 120 Å². The standard InChI is InChI=1S/C32H21BO3/c34-33-36-32-27-14-3-1-12-24(27)30(25-13-2-4-15-28(25)32)21-10-7-9-20(19-21)22-16-8-17-26-23-11-5-6-18-29(23)35-31(22)26/h1-19,33-34H. The van der Waals surface area contributed by atoms with Crippen LogP contribution in [-0.4, -0.2) is 12.7 Å². The Morgan fingerprint density at radius 1 is 0.556 bits per heavy atom. The van der Waals surface area contributed by atoms with E-state index in [1.54, 1.807) is 0 Å². The molecule has 1 heterocycles. The maximum absolute atomic E-state index is 9.60. The van der Waals surface area contributed by atoms with E-state index in [4.69, 9.17) is 9.07 Å². The van der Waals surface area contributed by atoms with Crippen molar-refractivity contribution < 1.29 is 14.1 Å². The van der Waals surface area contributed by atoms with Gasteiger partial charge in [-0.1, -0.05) is 103 Å². The smallest absolute Gasteiger partial charge is 0.504 e. The van der Waals surface area contributed by atoms with Crippen molar-refractivity contribution in [1.82, 2.24) is 0 Å². The molecule has 1 N–H and O–H groups in total. The number of benzene rings is 6. The van der Waals surface area contributed by atoms with Gasteiger partial charge in [0, 0.05) is 27.1 Å². The van der Waals surface area contributed by atoms with Crippen LogP contribution in [0, 0.1) is 0 Å². The van der Waals surface area contributed by atoms with E-state index < -0.39 is 0 Å². The largest absolute Gasteiger partial charge is 0.538 e. The third kappa shape index (κ3) is 3.12. The maximum atomic E-state index is 9.60. The minimum absolute atomic E-state index is 0.371. The van der Waals surface area contributed by atoms with Gasteiger partial charge >= 0.3 is 7.69 Å². The number of fused-ring (bicyclic) bond motifs is 5. The highest BCUT2D eigenvalue weighted by Gasteiger charge is 2.17. The molecule has 0 bridgehead atoms. The Bertz CT molecular complexity index is 1860. The molecule has 1 aromatic heterocycles. The molecule has 0 aliphatic heterocycles. The molecule has 0 atom stereocenters. The summed E-state index contributed by atoms with van der Waals surface area (Å²) in [6.07, 6.45) is 0. The second-order valence-electron chi connectivity index (χ2n) is 8.93. The molecular formula is C32H21BO3. The van der Waals surface area contributed by atoms with Crippen molar-refractivity contribution in [3.8, 4) is 28.0 Å². The Morgan fingerprint density at radius 3 is 1.86 bits per heavy atom. The van der Waals surface area contributed by atoms with Gasteiger partial charge in [-0.2, -0.15) is 0 Å². The number of furan rings is 1. The fourth-order valence-electron chi connectivity index (χ4n) is 5.44. The summed E-state index contributed by atoms with van der Waals surface area (Å²) < 4.78 is 12.1. The van der Waals surface area contributed by atoms with Crippen LogP contribution in [0.1, 0.15) is 0 Å². The first-order chi connectivity index (χ1) is 17.8. The van der Waals surface area contributed by atoms with Crippen molar-refractivity contribution in [2.45, 2.75) is 0 Å². The molecule has 0 fully saturated rings. The molecule has 0 amide bonds. The molecular weight excluding hydrogens is 443 g/mol. The molecule has 0 radical (unpaired) electrons. The summed E-state index contributed by atoms with van der Waals surface area (Å²) in [6.45, 7) is 0. The van der Waals surface area contributed by atoms with Gasteiger partial charge in [0.05, 0.1) is 0 Å². The number of rotatable bonds is 4. The SMILES string of the molecule is OBOc1c2ccccc2c(-c2cccc(-c3cccc4c3oc3ccccc34)c2)c2ccccc12. The van der Waals surface area contributed by atoms with Crippen LogP contribution in [0.5, 0.6) is 5.75 Å². The molecule has 0 saturated heterocycles. The van der Waals surface area contributed by atoms with Gasteiger partial charge in [-0.25, -0.2) is 0 Å². The van der Waals surface area contributed by atoms with Crippen molar-refractivity contribution in [3.63, 3.8) is 0 Å². The molecule has 0 aliphatic rings. The van der Waals surface area contributed by atoms with E-state index in [2.05, 4.69) is 72.8 Å². The molecule has 36 heavy (non-hydrogen) atoms. The Kier molecular flexibility index (Phi) is 4.79. The van der Waals surface area contributed by atoms with Gasteiger partial charge in [0.15, 0.2) is 0 Å². The lowest BCUT2D eigenvalue weighted by atomic mass is 9.89. The van der Waals surface area contributed by atoms with Crippen LogP contribution < -0.4 is 4.65 Å². The molecule has 0 spiro atoms. The maximum Gasteiger partial charge on any atom is 0.504 e. The number of hydrogen-bond acceptors (Lipinski definition) is 3. The third-order valence-electron chi connectivity index (χ3n) is 6.96. The average Bonchev–Trinajstić information content (AvgIpc) is 3.32. The third-order valence-corrected chi connectivity index (χ3v) is 6.96. The summed E-state index contributed by atoms with van der Waals surface area (Å²) in [5.74, 6) is 0.704. The zero-order valence-corrected chi connectivity index (χ0v) is 19.4. The Labute approximate surface area is 208 Å². The summed E-state index contributed by atoms with van der Waals surface area (Å²) in [6, 6.07) is 39.6. The van der Waals surface area contributed by atoms with E-state index in [9.17, 15) is 5.02 Å². The number of para-hydroxylation sites is 2. The van der Waals surface area contributed by atoms with Crippen LogP contribution in [0.4, 0.5) is 0 Å². The van der Waals surface area contributed by atoms with Crippen LogP contribution in [0.25, 0.3) is 65.7 Å². The van der Waals surface area contributed by atoms with Crippen molar-refractivity contribution in [1.29, 1.82) is 0 Å². The summed E-state index contributed by atoms with van der Waals surface area (Å²) in [4.78, 5) is 0. The van der Waals surface area contributed by atoms with Gasteiger partial charge in [-0.3, -0.25) is 0 Å². The van der Waals surface area contributed by atoms with Crippen LogP contribution in [-0.2, 0) is 0 Å². The van der Waals surface area contributed by atoms with E-state index in [0.29, 0.717) is 5.75 Å². The van der Waals surface area contributed by atoms with E-state index in [-0.39, 0.29) is 7.69 Å². The van der Waals surface area contributed by atoms with E-state index in [1.165, 1.54) is 0 Å². The van der Waals surface area contributed by atoms with Gasteiger partial charge in [0.25, 0.3) is 0 Å². The molecule has 7 rings (SSSR count).